The lowest BCUT2D eigenvalue weighted by atomic mass is 9.84. The Morgan fingerprint density at radius 1 is 1.12 bits per heavy atom. The molecular formula is C46H61N7O6S. The van der Waals surface area contributed by atoms with Gasteiger partial charge in [0.2, 0.25) is 5.91 Å². The van der Waals surface area contributed by atoms with E-state index in [1.54, 1.807) is 7.11 Å². The van der Waals surface area contributed by atoms with E-state index in [1.165, 1.54) is 16.3 Å². The number of aromatic nitrogens is 3. The van der Waals surface area contributed by atoms with Gasteiger partial charge in [-0.3, -0.25) is 24.4 Å². The number of hydrogen-bond donors (Lipinski definition) is 2. The van der Waals surface area contributed by atoms with Gasteiger partial charge in [0.1, 0.15) is 23.2 Å². The van der Waals surface area contributed by atoms with Crippen molar-refractivity contribution < 1.29 is 28.6 Å². The van der Waals surface area contributed by atoms with Crippen LogP contribution in [0.4, 0.5) is 0 Å². The van der Waals surface area contributed by atoms with Gasteiger partial charge in [-0.15, -0.1) is 11.3 Å². The number of fused-ring (bicyclic) bond motifs is 6. The Balaban J connectivity index is 1.27. The second-order valence-electron chi connectivity index (χ2n) is 18.0. The molecule has 2 amide bonds. The molecule has 4 aromatic rings. The summed E-state index contributed by atoms with van der Waals surface area (Å²) in [5.74, 6) is -0.691. The topological polar surface area (TPSA) is 140 Å². The maximum absolute atomic E-state index is 14.8. The fourth-order valence-electron chi connectivity index (χ4n) is 9.46. The number of amides is 2. The van der Waals surface area contributed by atoms with E-state index in [4.69, 9.17) is 24.2 Å². The number of carbonyl (C=O) groups is 3. The average Bonchev–Trinajstić information content (AvgIpc) is 3.76. The van der Waals surface area contributed by atoms with Gasteiger partial charge in [0.25, 0.3) is 5.91 Å². The van der Waals surface area contributed by atoms with Crippen LogP contribution in [0.25, 0.3) is 33.4 Å². The number of nitrogens with zero attached hydrogens (tertiary/aromatic N) is 5. The molecule has 4 aliphatic rings. The summed E-state index contributed by atoms with van der Waals surface area (Å²) in [6, 6.07) is 8.76. The predicted octanol–water partition coefficient (Wildman–Crippen LogP) is 6.72. The number of hydrogen-bond acceptors (Lipinski definition) is 11. The van der Waals surface area contributed by atoms with Gasteiger partial charge in [-0.1, -0.05) is 33.8 Å². The van der Waals surface area contributed by atoms with E-state index in [9.17, 15) is 14.4 Å². The van der Waals surface area contributed by atoms with E-state index in [-0.39, 0.29) is 42.3 Å². The molecule has 0 radical (unpaired) electrons. The zero-order valence-electron chi connectivity index (χ0n) is 36.2. The quantitative estimate of drug-likeness (QED) is 0.166. The number of likely N-dealkylation sites (tertiary alicyclic amines) is 1. The molecular weight excluding hydrogens is 779 g/mol. The molecule has 8 rings (SSSR count). The van der Waals surface area contributed by atoms with E-state index in [0.717, 1.165) is 77.2 Å². The number of nitrogens with one attached hydrogen (secondary N) is 2. The smallest absolute Gasteiger partial charge is 0.324 e. The second-order valence-corrected chi connectivity index (χ2v) is 18.9. The first-order chi connectivity index (χ1) is 28.9. The van der Waals surface area contributed by atoms with Crippen LogP contribution < -0.4 is 10.7 Å². The second kappa shape index (κ2) is 17.6. The fraction of sp³-hybridized carbons (Fsp3) is 0.587. The third-order valence-corrected chi connectivity index (χ3v) is 14.2. The molecule has 1 unspecified atom stereocenters. The number of esters is 1. The van der Waals surface area contributed by atoms with Crippen molar-refractivity contribution in [1.82, 2.24) is 35.2 Å². The normalized spacial score (nSPS) is 26.5. The Bertz CT molecular complexity index is 2210. The average molecular weight is 840 g/mol. The number of hydrazine groups is 1. The first kappa shape index (κ1) is 42.5. The minimum atomic E-state index is -1.08. The number of ether oxygens (including phenoxy) is 3. The van der Waals surface area contributed by atoms with E-state index >= 15 is 0 Å². The molecule has 1 aromatic carbocycles. The third-order valence-electron chi connectivity index (χ3n) is 13.3. The highest BCUT2D eigenvalue weighted by Gasteiger charge is 2.50. The number of pyridine rings is 1. The van der Waals surface area contributed by atoms with E-state index in [2.05, 4.69) is 79.1 Å². The van der Waals surface area contributed by atoms with E-state index in [0.29, 0.717) is 44.0 Å². The van der Waals surface area contributed by atoms with Crippen LogP contribution in [0.1, 0.15) is 95.7 Å². The minimum Gasteiger partial charge on any atom is -0.464 e. The van der Waals surface area contributed by atoms with Crippen molar-refractivity contribution in [3.63, 3.8) is 0 Å². The van der Waals surface area contributed by atoms with Crippen molar-refractivity contribution in [1.29, 1.82) is 0 Å². The SMILES string of the molecule is CCn1c(-c2cccnc2[C@H](C)OC)c2c3cc(ccc31)-c1csc(n1)[C@@H](OCCN1CCCC1)[C@H](NC(=O)C1[C@@H](C)[C@H]1C)C(=O)N1CCC[C@H](N1)C(=O)OCC(C)(C)C2. The van der Waals surface area contributed by atoms with Gasteiger partial charge in [0, 0.05) is 71.7 Å². The minimum absolute atomic E-state index is 0.165. The van der Waals surface area contributed by atoms with Crippen molar-refractivity contribution in [3.8, 4) is 22.5 Å². The summed E-state index contributed by atoms with van der Waals surface area (Å²) in [5, 5.41) is 8.36. The number of methoxy groups -OCH3 is 1. The van der Waals surface area contributed by atoms with Crippen molar-refractivity contribution in [2.24, 2.45) is 23.2 Å². The lowest BCUT2D eigenvalue weighted by molar-refractivity contribution is -0.157. The molecule has 7 atom stereocenters. The molecule has 6 bridgehead atoms. The Kier molecular flexibility index (Phi) is 12.5. The number of benzene rings is 1. The van der Waals surface area contributed by atoms with Gasteiger partial charge in [0.15, 0.2) is 0 Å². The summed E-state index contributed by atoms with van der Waals surface area (Å²) in [7, 11) is 1.70. The fourth-order valence-corrected chi connectivity index (χ4v) is 10.4. The monoisotopic (exact) mass is 839 g/mol. The molecule has 3 aromatic heterocycles. The van der Waals surface area contributed by atoms with Crippen molar-refractivity contribution >= 4 is 40.0 Å². The van der Waals surface area contributed by atoms with E-state index < -0.39 is 29.6 Å². The van der Waals surface area contributed by atoms with Gasteiger partial charge < -0.3 is 29.0 Å². The summed E-state index contributed by atoms with van der Waals surface area (Å²) in [5.41, 5.74) is 9.56. The number of cyclic esters (lactones) is 1. The molecule has 6 heterocycles. The molecule has 3 aliphatic heterocycles. The van der Waals surface area contributed by atoms with Crippen LogP contribution in [0, 0.1) is 23.2 Å². The largest absolute Gasteiger partial charge is 0.464 e. The van der Waals surface area contributed by atoms with Crippen molar-refractivity contribution in [2.45, 2.75) is 104 Å². The molecule has 2 saturated heterocycles. The van der Waals surface area contributed by atoms with Crippen molar-refractivity contribution in [3.05, 3.63) is 58.2 Å². The van der Waals surface area contributed by atoms with Crippen LogP contribution in [0.5, 0.6) is 0 Å². The molecule has 0 spiro atoms. The summed E-state index contributed by atoms with van der Waals surface area (Å²) in [6.45, 7) is 16.9. The van der Waals surface area contributed by atoms with Gasteiger partial charge >= 0.3 is 5.97 Å². The van der Waals surface area contributed by atoms with Crippen LogP contribution in [-0.4, -0.2) is 101 Å². The van der Waals surface area contributed by atoms with Crippen LogP contribution in [-0.2, 0) is 41.6 Å². The third kappa shape index (κ3) is 8.50. The number of rotatable bonds is 10. The number of carbonyl (C=O) groups excluding carboxylic acids is 3. The highest BCUT2D eigenvalue weighted by molar-refractivity contribution is 7.10. The molecule has 3 fully saturated rings. The molecule has 1 saturated carbocycles. The number of aryl methyl sites for hydroxylation is 1. The lowest BCUT2D eigenvalue weighted by Crippen LogP contribution is -2.61. The molecule has 322 valence electrons. The first-order valence-corrected chi connectivity index (χ1v) is 22.7. The summed E-state index contributed by atoms with van der Waals surface area (Å²) in [6.07, 6.45) is 4.73. The number of thiazole rings is 1. The standard InChI is InChI=1S/C46H61N7O6S/c1-8-52-36-16-15-30-23-32(36)33(40(52)31-13-11-17-47-38(31)29(4)57-7)24-46(5,6)26-59-45(56)34-14-12-20-53(50-34)44(55)39(49-42(54)37-27(2)28(37)3)41(43-48-35(30)25-60-43)58-22-21-51-18-9-10-19-51/h11,13,15-17,23,25,27-29,34,37,39,41,50H,8-10,12,14,18-22,24,26H2,1-7H3,(H,49,54)/t27-,28+,29-,34-,37?,39-,41-/m0/s1. The van der Waals surface area contributed by atoms with E-state index in [1.807, 2.05) is 24.6 Å². The first-order valence-electron chi connectivity index (χ1n) is 21.9. The molecule has 1 aliphatic carbocycles. The Morgan fingerprint density at radius 3 is 2.63 bits per heavy atom. The Hall–Kier alpha value is -4.21. The molecule has 60 heavy (non-hydrogen) atoms. The summed E-state index contributed by atoms with van der Waals surface area (Å²) in [4.78, 5) is 55.1. The Morgan fingerprint density at radius 2 is 1.90 bits per heavy atom. The molecule has 2 N–H and O–H groups in total. The maximum atomic E-state index is 14.8. The van der Waals surface area contributed by atoms with Gasteiger partial charge in [-0.2, -0.15) is 0 Å². The van der Waals surface area contributed by atoms with Crippen molar-refractivity contribution in [2.75, 3.05) is 46.5 Å². The van der Waals surface area contributed by atoms with Gasteiger partial charge in [0.05, 0.1) is 36.4 Å². The highest BCUT2D eigenvalue weighted by atomic mass is 32.1. The van der Waals surface area contributed by atoms with Crippen LogP contribution in [0.15, 0.2) is 41.9 Å². The van der Waals surface area contributed by atoms with Crippen LogP contribution >= 0.6 is 11.3 Å². The lowest BCUT2D eigenvalue weighted by Gasteiger charge is -2.37. The molecule has 13 nitrogen and oxygen atoms in total. The maximum Gasteiger partial charge on any atom is 0.324 e. The summed E-state index contributed by atoms with van der Waals surface area (Å²) >= 11 is 1.44. The predicted molar refractivity (Wildman–Crippen MR) is 232 cm³/mol. The van der Waals surface area contributed by atoms with Gasteiger partial charge in [-0.05, 0) is 101 Å². The summed E-state index contributed by atoms with van der Waals surface area (Å²) < 4.78 is 21.0. The Labute approximate surface area is 357 Å². The van der Waals surface area contributed by atoms with Gasteiger partial charge in [-0.25, -0.2) is 10.4 Å². The molecule has 14 heteroatoms. The highest BCUT2D eigenvalue weighted by Crippen LogP contribution is 2.46. The van der Waals surface area contributed by atoms with Crippen LogP contribution in [0.3, 0.4) is 0 Å². The zero-order chi connectivity index (χ0) is 42.3. The zero-order valence-corrected chi connectivity index (χ0v) is 37.0. The van der Waals surface area contributed by atoms with Crippen LogP contribution in [0.2, 0.25) is 0 Å².